The Kier molecular flexibility index (Phi) is 5.40. The summed E-state index contributed by atoms with van der Waals surface area (Å²) in [6, 6.07) is 6.14. The Hall–Kier alpha value is -2.63. The average Bonchev–Trinajstić information content (AvgIpc) is 2.62. The summed E-state index contributed by atoms with van der Waals surface area (Å²) in [5.41, 5.74) is 0.279. The molecule has 0 saturated heterocycles. The lowest BCUT2D eigenvalue weighted by atomic mass is 9.84. The number of para-hydroxylation sites is 1. The van der Waals surface area contributed by atoms with E-state index in [-0.39, 0.29) is 28.7 Å². The highest BCUT2D eigenvalue weighted by Gasteiger charge is 2.23. The third kappa shape index (κ3) is 3.95. The van der Waals surface area contributed by atoms with Gasteiger partial charge in [0, 0.05) is 19.0 Å². The van der Waals surface area contributed by atoms with Crippen molar-refractivity contribution in [3.05, 3.63) is 40.2 Å². The van der Waals surface area contributed by atoms with Gasteiger partial charge in [-0.2, -0.15) is 0 Å². The first-order valence-electron chi connectivity index (χ1n) is 9.11. The van der Waals surface area contributed by atoms with Gasteiger partial charge in [0.25, 0.3) is 5.91 Å². The summed E-state index contributed by atoms with van der Waals surface area (Å²) in [6.45, 7) is 3.37. The van der Waals surface area contributed by atoms with E-state index in [2.05, 4.69) is 10.6 Å². The van der Waals surface area contributed by atoms with E-state index in [1.807, 2.05) is 6.92 Å². The number of carbonyl (C=O) groups is 2. The van der Waals surface area contributed by atoms with Crippen LogP contribution < -0.4 is 16.1 Å². The van der Waals surface area contributed by atoms with E-state index in [0.717, 1.165) is 12.8 Å². The number of anilines is 1. The third-order valence-corrected chi connectivity index (χ3v) is 5.00. The zero-order valence-electron chi connectivity index (χ0n) is 15.1. The topological polar surface area (TPSA) is 88.4 Å². The summed E-state index contributed by atoms with van der Waals surface area (Å²) in [5.74, 6) is -0.265. The van der Waals surface area contributed by atoms with Gasteiger partial charge in [-0.3, -0.25) is 14.4 Å². The highest BCUT2D eigenvalue weighted by atomic mass is 16.3. The third-order valence-electron chi connectivity index (χ3n) is 5.00. The molecule has 3 rings (SSSR count). The second-order valence-electron chi connectivity index (χ2n) is 7.00. The fourth-order valence-corrected chi connectivity index (χ4v) is 3.61. The molecular weight excluding hydrogens is 332 g/mol. The van der Waals surface area contributed by atoms with E-state index in [9.17, 15) is 14.4 Å². The first kappa shape index (κ1) is 18.2. The van der Waals surface area contributed by atoms with Crippen LogP contribution in [0, 0.1) is 5.92 Å². The molecule has 0 radical (unpaired) electrons. The van der Waals surface area contributed by atoms with E-state index in [1.165, 1.54) is 32.3 Å². The molecule has 0 spiro atoms. The molecule has 2 amide bonds. The van der Waals surface area contributed by atoms with Gasteiger partial charge in [-0.25, -0.2) is 0 Å². The smallest absolute Gasteiger partial charge is 0.287 e. The van der Waals surface area contributed by atoms with Crippen LogP contribution in [0.1, 0.15) is 56.5 Å². The van der Waals surface area contributed by atoms with Crippen molar-refractivity contribution in [1.82, 2.24) is 5.32 Å². The molecule has 6 nitrogen and oxygen atoms in total. The van der Waals surface area contributed by atoms with Gasteiger partial charge in [-0.15, -0.1) is 0 Å². The molecule has 1 atom stereocenters. The van der Waals surface area contributed by atoms with Crippen LogP contribution in [0.4, 0.5) is 5.69 Å². The second kappa shape index (κ2) is 7.72. The van der Waals surface area contributed by atoms with Gasteiger partial charge in [0.05, 0.1) is 11.1 Å². The quantitative estimate of drug-likeness (QED) is 0.878. The summed E-state index contributed by atoms with van der Waals surface area (Å²) < 4.78 is 5.70. The Labute approximate surface area is 152 Å². The maximum Gasteiger partial charge on any atom is 0.287 e. The molecular formula is C20H24N2O4. The monoisotopic (exact) mass is 356 g/mol. The Balaban J connectivity index is 1.88. The lowest BCUT2D eigenvalue weighted by Gasteiger charge is -2.28. The minimum Gasteiger partial charge on any atom is -0.448 e. The minimum atomic E-state index is -0.403. The predicted octanol–water partition coefficient (Wildman–Crippen LogP) is 3.45. The molecule has 0 aliphatic heterocycles. The number of nitrogens with one attached hydrogen (secondary N) is 2. The molecule has 2 aromatic rings. The molecule has 1 aromatic heterocycles. The number of hydrogen-bond acceptors (Lipinski definition) is 4. The molecule has 1 heterocycles. The molecule has 1 aliphatic rings. The van der Waals surface area contributed by atoms with Crippen molar-refractivity contribution >= 4 is 28.5 Å². The number of benzene rings is 1. The molecule has 1 aromatic carbocycles. The normalized spacial score (nSPS) is 16.2. The lowest BCUT2D eigenvalue weighted by Crippen LogP contribution is -2.39. The molecule has 138 valence electrons. The van der Waals surface area contributed by atoms with Crippen LogP contribution in [-0.4, -0.2) is 17.9 Å². The highest BCUT2D eigenvalue weighted by molar-refractivity contribution is 6.00. The summed E-state index contributed by atoms with van der Waals surface area (Å²) in [7, 11) is 0. The number of rotatable bonds is 4. The van der Waals surface area contributed by atoms with Gasteiger partial charge < -0.3 is 15.1 Å². The zero-order valence-corrected chi connectivity index (χ0v) is 15.1. The maximum atomic E-state index is 12.6. The summed E-state index contributed by atoms with van der Waals surface area (Å²) in [4.78, 5) is 36.3. The van der Waals surface area contributed by atoms with Gasteiger partial charge >= 0.3 is 0 Å². The van der Waals surface area contributed by atoms with E-state index >= 15 is 0 Å². The Bertz CT molecular complexity index is 881. The maximum absolute atomic E-state index is 12.6. The summed E-state index contributed by atoms with van der Waals surface area (Å²) in [6.07, 6.45) is 5.85. The van der Waals surface area contributed by atoms with Gasteiger partial charge in [0.1, 0.15) is 0 Å². The highest BCUT2D eigenvalue weighted by Crippen LogP contribution is 2.27. The van der Waals surface area contributed by atoms with Crippen molar-refractivity contribution in [1.29, 1.82) is 0 Å². The largest absolute Gasteiger partial charge is 0.448 e. The van der Waals surface area contributed by atoms with Gasteiger partial charge in [-0.05, 0) is 37.8 Å². The molecule has 1 fully saturated rings. The molecule has 6 heteroatoms. The van der Waals surface area contributed by atoms with Crippen LogP contribution in [0.2, 0.25) is 0 Å². The zero-order chi connectivity index (χ0) is 18.7. The van der Waals surface area contributed by atoms with Crippen molar-refractivity contribution in [2.24, 2.45) is 5.92 Å². The minimum absolute atomic E-state index is 0.0226. The number of fused-ring (bicyclic) bond motifs is 1. The average molecular weight is 356 g/mol. The van der Waals surface area contributed by atoms with Crippen LogP contribution in [0.3, 0.4) is 0 Å². The molecule has 0 bridgehead atoms. The first-order chi connectivity index (χ1) is 12.5. The number of carbonyl (C=O) groups excluding carboxylic acids is 2. The van der Waals surface area contributed by atoms with E-state index in [0.29, 0.717) is 17.0 Å². The Morgan fingerprint density at radius 2 is 1.92 bits per heavy atom. The molecule has 2 N–H and O–H groups in total. The van der Waals surface area contributed by atoms with Crippen LogP contribution in [0.5, 0.6) is 0 Å². The number of amides is 2. The molecule has 1 saturated carbocycles. The van der Waals surface area contributed by atoms with Crippen molar-refractivity contribution in [3.8, 4) is 0 Å². The fraction of sp³-hybridized carbons (Fsp3) is 0.450. The molecule has 1 aliphatic carbocycles. The Morgan fingerprint density at radius 1 is 1.19 bits per heavy atom. The van der Waals surface area contributed by atoms with Crippen molar-refractivity contribution < 1.29 is 14.0 Å². The van der Waals surface area contributed by atoms with Crippen molar-refractivity contribution in [2.45, 2.75) is 52.0 Å². The SMILES string of the molecule is CC(=O)Nc1cccc2c(=O)cc(C(=O)N[C@@H](C)C3CCCCC3)oc12. The standard InChI is InChI=1S/C20H24N2O4/c1-12(14-7-4-3-5-8-14)21-20(25)18-11-17(24)15-9-6-10-16(19(15)26-18)22-13(2)23/h6,9-12,14H,3-5,7-8H2,1-2H3,(H,21,25)(H,22,23)/t12-/m0/s1. The van der Waals surface area contributed by atoms with Crippen LogP contribution >= 0.6 is 0 Å². The second-order valence-corrected chi connectivity index (χ2v) is 7.00. The van der Waals surface area contributed by atoms with Crippen molar-refractivity contribution in [3.63, 3.8) is 0 Å². The lowest BCUT2D eigenvalue weighted by molar-refractivity contribution is -0.114. The first-order valence-corrected chi connectivity index (χ1v) is 9.11. The Morgan fingerprint density at radius 3 is 2.62 bits per heavy atom. The predicted molar refractivity (Wildman–Crippen MR) is 100 cm³/mol. The summed E-state index contributed by atoms with van der Waals surface area (Å²) >= 11 is 0. The van der Waals surface area contributed by atoms with E-state index in [1.54, 1.807) is 18.2 Å². The van der Waals surface area contributed by atoms with Crippen LogP contribution in [-0.2, 0) is 4.79 Å². The molecule has 26 heavy (non-hydrogen) atoms. The van der Waals surface area contributed by atoms with E-state index < -0.39 is 5.91 Å². The van der Waals surface area contributed by atoms with Gasteiger partial charge in [-0.1, -0.05) is 25.3 Å². The van der Waals surface area contributed by atoms with Crippen molar-refractivity contribution in [2.75, 3.05) is 5.32 Å². The van der Waals surface area contributed by atoms with Gasteiger partial charge in [0.2, 0.25) is 5.91 Å². The molecule has 0 unspecified atom stereocenters. The van der Waals surface area contributed by atoms with E-state index in [4.69, 9.17) is 4.42 Å². The fourth-order valence-electron chi connectivity index (χ4n) is 3.61. The van der Waals surface area contributed by atoms with Gasteiger partial charge in [0.15, 0.2) is 16.8 Å². The summed E-state index contributed by atoms with van der Waals surface area (Å²) in [5, 5.41) is 5.92. The van der Waals surface area contributed by atoms with Crippen LogP contribution in [0.15, 0.2) is 33.5 Å². The van der Waals surface area contributed by atoms with Crippen LogP contribution in [0.25, 0.3) is 11.0 Å². The number of hydrogen-bond donors (Lipinski definition) is 2.